The van der Waals surface area contributed by atoms with Crippen LogP contribution in [0.5, 0.6) is 11.5 Å². The zero-order chi connectivity index (χ0) is 25.8. The molecule has 1 atom stereocenters. The van der Waals surface area contributed by atoms with Gasteiger partial charge in [-0.1, -0.05) is 30.3 Å². The van der Waals surface area contributed by atoms with Crippen LogP contribution in [-0.2, 0) is 38.5 Å². The fraction of sp³-hybridized carbons (Fsp3) is 0.381. The first-order valence-electron chi connectivity index (χ1n) is 9.85. The van der Waals surface area contributed by atoms with Crippen LogP contribution in [0.15, 0.2) is 30.3 Å². The van der Waals surface area contributed by atoms with Gasteiger partial charge in [0.25, 0.3) is 5.69 Å². The van der Waals surface area contributed by atoms with Gasteiger partial charge in [-0.2, -0.15) is 13.2 Å². The molecule has 0 N–H and O–H groups in total. The van der Waals surface area contributed by atoms with Gasteiger partial charge in [0.1, 0.15) is 11.5 Å². The molecule has 2 rings (SSSR count). The van der Waals surface area contributed by atoms with Gasteiger partial charge in [-0.05, 0) is 51.5 Å². The Morgan fingerprint density at radius 1 is 1.18 bits per heavy atom. The van der Waals surface area contributed by atoms with E-state index in [1.54, 1.807) is 27.7 Å². The molecule has 0 bridgehead atoms. The van der Waals surface area contributed by atoms with E-state index in [-0.39, 0.29) is 27.5 Å². The highest BCUT2D eigenvalue weighted by atomic mass is 35.5. The standard InChI is InChI=1S/C21H22ClF3NO6PS/c1-5-12-8-15(26(28)29)18(33(34)31-11-30-19(27)20(2,3)4)10-17(12)32-16-7-6-13(9-14(16)22)21(23,24)25/h6-10,33H,5,11H2,1-4H3. The fourth-order valence-electron chi connectivity index (χ4n) is 2.61. The van der Waals surface area contributed by atoms with Crippen molar-refractivity contribution >= 4 is 47.3 Å². The normalized spacial score (nSPS) is 12.8. The number of aryl methyl sites for hydroxylation is 1. The summed E-state index contributed by atoms with van der Waals surface area (Å²) in [5.41, 5.74) is -1.60. The molecule has 7 nitrogen and oxygen atoms in total. The zero-order valence-corrected chi connectivity index (χ0v) is 21.2. The maximum Gasteiger partial charge on any atom is 0.416 e. The Labute approximate surface area is 204 Å². The molecule has 0 aliphatic heterocycles. The van der Waals surface area contributed by atoms with Crippen molar-refractivity contribution in [3.8, 4) is 11.5 Å². The van der Waals surface area contributed by atoms with Crippen LogP contribution in [0.1, 0.15) is 38.8 Å². The molecular weight excluding hydrogens is 518 g/mol. The summed E-state index contributed by atoms with van der Waals surface area (Å²) in [6.45, 7) is 3.74. The molecule has 0 radical (unpaired) electrons. The van der Waals surface area contributed by atoms with E-state index in [0.717, 1.165) is 18.2 Å². The van der Waals surface area contributed by atoms with Crippen LogP contribution in [0, 0.1) is 15.5 Å². The Morgan fingerprint density at radius 3 is 2.32 bits per heavy atom. The third kappa shape index (κ3) is 7.15. The van der Waals surface area contributed by atoms with Crippen LogP contribution >= 0.6 is 18.5 Å². The summed E-state index contributed by atoms with van der Waals surface area (Å²) in [5.74, 6) is -0.469. The number of ether oxygens (including phenoxy) is 2. The number of rotatable bonds is 8. The van der Waals surface area contributed by atoms with Gasteiger partial charge in [-0.3, -0.25) is 14.9 Å². The quantitative estimate of drug-likeness (QED) is 0.126. The third-order valence-electron chi connectivity index (χ3n) is 4.45. The predicted octanol–water partition coefficient (Wildman–Crippen LogP) is 6.40. The van der Waals surface area contributed by atoms with Crippen LogP contribution in [0.25, 0.3) is 0 Å². The number of carbonyl (C=O) groups excluding carboxylic acids is 1. The summed E-state index contributed by atoms with van der Waals surface area (Å²) in [7, 11) is 0. The number of carbonyl (C=O) groups is 1. The van der Waals surface area contributed by atoms with Crippen molar-refractivity contribution in [1.82, 2.24) is 0 Å². The number of hydrogen-bond donors (Lipinski definition) is 0. The van der Waals surface area contributed by atoms with Crippen LogP contribution < -0.4 is 10.0 Å². The summed E-state index contributed by atoms with van der Waals surface area (Å²) < 4.78 is 54.9. The molecule has 0 aliphatic carbocycles. The van der Waals surface area contributed by atoms with Crippen molar-refractivity contribution in [3.05, 3.63) is 56.6 Å². The van der Waals surface area contributed by atoms with Crippen LogP contribution in [0.2, 0.25) is 5.02 Å². The molecule has 0 saturated heterocycles. The van der Waals surface area contributed by atoms with Crippen molar-refractivity contribution in [2.45, 2.75) is 40.3 Å². The highest BCUT2D eigenvalue weighted by Crippen LogP contribution is 2.39. The van der Waals surface area contributed by atoms with Gasteiger partial charge < -0.3 is 14.0 Å². The van der Waals surface area contributed by atoms with Crippen molar-refractivity contribution in [3.63, 3.8) is 0 Å². The van der Waals surface area contributed by atoms with E-state index in [1.165, 1.54) is 12.1 Å². The first kappa shape index (κ1) is 28.0. The number of benzene rings is 2. The zero-order valence-electron chi connectivity index (χ0n) is 18.6. The highest BCUT2D eigenvalue weighted by Gasteiger charge is 2.31. The first-order valence-corrected chi connectivity index (χ1v) is 12.8. The molecule has 1 unspecified atom stereocenters. The minimum Gasteiger partial charge on any atom is -0.455 e. The summed E-state index contributed by atoms with van der Waals surface area (Å²) in [6, 6.07) is 5.19. The van der Waals surface area contributed by atoms with Gasteiger partial charge in [0.15, 0.2) is 6.79 Å². The van der Waals surface area contributed by atoms with Gasteiger partial charge in [0.2, 0.25) is 0 Å². The Kier molecular flexibility index (Phi) is 9.10. The minimum atomic E-state index is -4.58. The molecule has 0 heterocycles. The number of nitro benzene ring substituents is 1. The van der Waals surface area contributed by atoms with E-state index in [2.05, 4.69) is 0 Å². The summed E-state index contributed by atoms with van der Waals surface area (Å²) in [5, 5.41) is 11.4. The lowest BCUT2D eigenvalue weighted by molar-refractivity contribution is -0.383. The number of alkyl halides is 3. The minimum absolute atomic E-state index is 0.0482. The van der Waals surface area contributed by atoms with Gasteiger partial charge in [0.05, 0.1) is 33.2 Å². The Morgan fingerprint density at radius 2 is 1.82 bits per heavy atom. The lowest BCUT2D eigenvalue weighted by Crippen LogP contribution is -2.23. The first-order chi connectivity index (χ1) is 15.6. The predicted molar refractivity (Wildman–Crippen MR) is 126 cm³/mol. The van der Waals surface area contributed by atoms with Crippen LogP contribution in [0.3, 0.4) is 0 Å². The second-order valence-electron chi connectivity index (χ2n) is 8.06. The van der Waals surface area contributed by atoms with Gasteiger partial charge in [0, 0.05) is 11.6 Å². The SMILES string of the molecule is CCc1cc([N+](=O)[O-])c([PH](=S)OCOC(=O)C(C)(C)C)cc1Oc1ccc(C(F)(F)F)cc1Cl. The van der Waals surface area contributed by atoms with Gasteiger partial charge >= 0.3 is 12.1 Å². The van der Waals surface area contributed by atoms with E-state index in [0.29, 0.717) is 12.0 Å². The van der Waals surface area contributed by atoms with E-state index >= 15 is 0 Å². The number of hydrogen-bond acceptors (Lipinski definition) is 7. The van der Waals surface area contributed by atoms with E-state index in [4.69, 9.17) is 37.4 Å². The van der Waals surface area contributed by atoms with Crippen LogP contribution in [-0.4, -0.2) is 17.7 Å². The number of nitrogens with zero attached hydrogens (tertiary/aromatic N) is 1. The summed E-state index contributed by atoms with van der Waals surface area (Å²) in [4.78, 5) is 22.9. The number of nitro groups is 1. The number of halogens is 4. The van der Waals surface area contributed by atoms with Crippen molar-refractivity contribution < 1.29 is 36.9 Å². The molecule has 0 spiro atoms. The highest BCUT2D eigenvalue weighted by molar-refractivity contribution is 8.06. The van der Waals surface area contributed by atoms with Gasteiger partial charge in [-0.25, -0.2) is 0 Å². The molecule has 13 heteroatoms. The summed E-state index contributed by atoms with van der Waals surface area (Å²) >= 11 is 11.3. The molecule has 0 amide bonds. The lowest BCUT2D eigenvalue weighted by atomic mass is 9.98. The fourth-order valence-corrected chi connectivity index (χ4v) is 4.40. The van der Waals surface area contributed by atoms with Crippen molar-refractivity contribution in [1.29, 1.82) is 0 Å². The van der Waals surface area contributed by atoms with Crippen molar-refractivity contribution in [2.24, 2.45) is 5.41 Å². The second-order valence-corrected chi connectivity index (χ2v) is 11.0. The Balaban J connectivity index is 2.37. The van der Waals surface area contributed by atoms with E-state index < -0.39 is 41.8 Å². The summed E-state index contributed by atoms with van der Waals surface area (Å²) in [6.07, 6.45) is -4.26. The molecule has 0 saturated carbocycles. The molecule has 2 aromatic carbocycles. The molecule has 0 aliphatic rings. The average molecular weight is 540 g/mol. The smallest absolute Gasteiger partial charge is 0.416 e. The number of esters is 1. The molecule has 186 valence electrons. The molecular formula is C21H22ClF3NO6PS. The van der Waals surface area contributed by atoms with Crippen LogP contribution in [0.4, 0.5) is 18.9 Å². The second kappa shape index (κ2) is 11.0. The Hall–Kier alpha value is -2.20. The molecule has 2 aromatic rings. The maximum absolute atomic E-state index is 12.9. The lowest BCUT2D eigenvalue weighted by Gasteiger charge is -2.17. The third-order valence-corrected chi connectivity index (χ3v) is 6.98. The largest absolute Gasteiger partial charge is 0.455 e. The van der Waals surface area contributed by atoms with E-state index in [9.17, 15) is 28.1 Å². The molecule has 34 heavy (non-hydrogen) atoms. The average Bonchev–Trinajstić information content (AvgIpc) is 2.72. The maximum atomic E-state index is 12.9. The van der Waals surface area contributed by atoms with E-state index in [1.807, 2.05) is 0 Å². The Bertz CT molecular complexity index is 1120. The topological polar surface area (TPSA) is 87.9 Å². The molecule has 0 aromatic heterocycles. The monoisotopic (exact) mass is 539 g/mol. The van der Waals surface area contributed by atoms with Crippen molar-refractivity contribution in [2.75, 3.05) is 6.79 Å². The molecule has 0 fully saturated rings. The van der Waals surface area contributed by atoms with Gasteiger partial charge in [-0.15, -0.1) is 0 Å².